The molecular weight excluding hydrogens is 310 g/mol. The van der Waals surface area contributed by atoms with Gasteiger partial charge in [-0.2, -0.15) is 0 Å². The summed E-state index contributed by atoms with van der Waals surface area (Å²) >= 11 is 1.70. The van der Waals surface area contributed by atoms with Gasteiger partial charge in [-0.05, 0) is 30.4 Å². The molecule has 1 aliphatic heterocycles. The largest absolute Gasteiger partial charge is 0.458 e. The van der Waals surface area contributed by atoms with Crippen molar-refractivity contribution in [3.8, 4) is 6.01 Å². The number of anilines is 1. The molecule has 0 aliphatic carbocycles. The number of aryl methyl sites for hydroxylation is 2. The van der Waals surface area contributed by atoms with E-state index in [1.165, 1.54) is 5.56 Å². The summed E-state index contributed by atoms with van der Waals surface area (Å²) in [6.45, 7) is 5.75. The van der Waals surface area contributed by atoms with Crippen LogP contribution in [0.2, 0.25) is 0 Å². The van der Waals surface area contributed by atoms with E-state index in [2.05, 4.69) is 37.1 Å². The summed E-state index contributed by atoms with van der Waals surface area (Å²) in [5.41, 5.74) is 3.28. The van der Waals surface area contributed by atoms with Crippen LogP contribution in [0.25, 0.3) is 10.2 Å². The number of fused-ring (bicyclic) bond motifs is 1. The van der Waals surface area contributed by atoms with Crippen molar-refractivity contribution in [1.29, 1.82) is 0 Å². The Morgan fingerprint density at radius 2 is 2.00 bits per heavy atom. The second-order valence-electron chi connectivity index (χ2n) is 5.81. The summed E-state index contributed by atoms with van der Waals surface area (Å²) in [7, 11) is 0. The van der Waals surface area contributed by atoms with Crippen molar-refractivity contribution in [2.45, 2.75) is 26.4 Å². The Morgan fingerprint density at radius 1 is 1.17 bits per heavy atom. The molecule has 3 aromatic rings. The van der Waals surface area contributed by atoms with Gasteiger partial charge in [-0.15, -0.1) is 11.3 Å². The molecule has 7 heteroatoms. The molecule has 1 saturated heterocycles. The van der Waals surface area contributed by atoms with Crippen molar-refractivity contribution in [2.24, 2.45) is 0 Å². The van der Waals surface area contributed by atoms with E-state index in [1.54, 1.807) is 30.1 Å². The number of ether oxygens (including phenoxy) is 1. The number of rotatable bonds is 3. The van der Waals surface area contributed by atoms with Gasteiger partial charge in [0.15, 0.2) is 0 Å². The van der Waals surface area contributed by atoms with Crippen LogP contribution in [0, 0.1) is 13.8 Å². The Labute approximate surface area is 138 Å². The first-order valence-corrected chi connectivity index (χ1v) is 8.48. The van der Waals surface area contributed by atoms with Crippen LogP contribution < -0.4 is 9.64 Å². The molecule has 0 bridgehead atoms. The molecule has 6 nitrogen and oxygen atoms in total. The van der Waals surface area contributed by atoms with E-state index < -0.39 is 0 Å². The first-order valence-electron chi connectivity index (χ1n) is 7.60. The Hall–Kier alpha value is -2.28. The second-order valence-corrected chi connectivity index (χ2v) is 6.69. The standard InChI is InChI=1S/C16H17N5OS/c1-10-5-17-16(18-6-10)22-12-3-4-21(7-12)15-14-13(19-9-20-15)11(2)8-23-14/h5-6,8-9,12H,3-4,7H2,1-2H3. The van der Waals surface area contributed by atoms with E-state index in [1.807, 2.05) is 6.92 Å². The molecule has 4 rings (SSSR count). The zero-order valence-electron chi connectivity index (χ0n) is 13.1. The fourth-order valence-electron chi connectivity index (χ4n) is 2.79. The molecular formula is C16H17N5OS. The third kappa shape index (κ3) is 2.72. The predicted molar refractivity (Wildman–Crippen MR) is 90.2 cm³/mol. The van der Waals surface area contributed by atoms with Gasteiger partial charge < -0.3 is 9.64 Å². The van der Waals surface area contributed by atoms with E-state index in [0.717, 1.165) is 41.1 Å². The van der Waals surface area contributed by atoms with Crippen molar-refractivity contribution in [3.63, 3.8) is 0 Å². The fraction of sp³-hybridized carbons (Fsp3) is 0.375. The number of thiophene rings is 1. The maximum atomic E-state index is 5.90. The Bertz CT molecular complexity index is 832. The highest BCUT2D eigenvalue weighted by molar-refractivity contribution is 7.18. The SMILES string of the molecule is Cc1cnc(OC2CCN(c3ncnc4c(C)csc34)C2)nc1. The van der Waals surface area contributed by atoms with Gasteiger partial charge >= 0.3 is 6.01 Å². The van der Waals surface area contributed by atoms with Crippen LogP contribution in [0.1, 0.15) is 17.5 Å². The molecule has 0 N–H and O–H groups in total. The normalized spacial score (nSPS) is 17.8. The highest BCUT2D eigenvalue weighted by atomic mass is 32.1. The average molecular weight is 327 g/mol. The Morgan fingerprint density at radius 3 is 2.83 bits per heavy atom. The van der Waals surface area contributed by atoms with Crippen LogP contribution in [-0.4, -0.2) is 39.1 Å². The molecule has 0 amide bonds. The van der Waals surface area contributed by atoms with E-state index in [4.69, 9.17) is 4.74 Å². The molecule has 1 aliphatic rings. The Kier molecular flexibility index (Phi) is 3.57. The topological polar surface area (TPSA) is 64.0 Å². The lowest BCUT2D eigenvalue weighted by molar-refractivity contribution is 0.206. The summed E-state index contributed by atoms with van der Waals surface area (Å²) in [5, 5.41) is 2.13. The number of hydrogen-bond acceptors (Lipinski definition) is 7. The van der Waals surface area contributed by atoms with Gasteiger partial charge in [0.05, 0.1) is 16.8 Å². The van der Waals surface area contributed by atoms with Crippen LogP contribution in [0.4, 0.5) is 5.82 Å². The summed E-state index contributed by atoms with van der Waals surface area (Å²) in [5.74, 6) is 1.00. The fourth-order valence-corrected chi connectivity index (χ4v) is 3.81. The minimum absolute atomic E-state index is 0.0868. The molecule has 1 unspecified atom stereocenters. The molecule has 0 saturated carbocycles. The minimum atomic E-state index is 0.0868. The summed E-state index contributed by atoms with van der Waals surface area (Å²) < 4.78 is 7.05. The van der Waals surface area contributed by atoms with Crippen LogP contribution in [0.5, 0.6) is 6.01 Å². The average Bonchev–Trinajstić information content (AvgIpc) is 3.17. The maximum Gasteiger partial charge on any atom is 0.316 e. The third-order valence-electron chi connectivity index (χ3n) is 3.99. The third-order valence-corrected chi connectivity index (χ3v) is 5.07. The number of aromatic nitrogens is 4. The van der Waals surface area contributed by atoms with E-state index >= 15 is 0 Å². The highest BCUT2D eigenvalue weighted by Crippen LogP contribution is 2.32. The number of nitrogens with zero attached hydrogens (tertiary/aromatic N) is 5. The van der Waals surface area contributed by atoms with E-state index in [0.29, 0.717) is 6.01 Å². The lowest BCUT2D eigenvalue weighted by atomic mass is 10.3. The summed E-state index contributed by atoms with van der Waals surface area (Å²) in [6, 6.07) is 0.447. The highest BCUT2D eigenvalue weighted by Gasteiger charge is 2.27. The second kappa shape index (κ2) is 5.73. The zero-order valence-corrected chi connectivity index (χ0v) is 13.9. The number of hydrogen-bond donors (Lipinski definition) is 0. The quantitative estimate of drug-likeness (QED) is 0.737. The van der Waals surface area contributed by atoms with Crippen molar-refractivity contribution < 1.29 is 4.74 Å². The summed E-state index contributed by atoms with van der Waals surface area (Å²) in [6.07, 6.45) is 6.22. The van der Waals surface area contributed by atoms with Crippen LogP contribution in [-0.2, 0) is 0 Å². The molecule has 0 spiro atoms. The van der Waals surface area contributed by atoms with E-state index in [9.17, 15) is 0 Å². The summed E-state index contributed by atoms with van der Waals surface area (Å²) in [4.78, 5) is 19.6. The molecule has 118 valence electrons. The Balaban J connectivity index is 1.52. The molecule has 1 fully saturated rings. The molecule has 3 aromatic heterocycles. The van der Waals surface area contributed by atoms with Crippen LogP contribution in [0.3, 0.4) is 0 Å². The van der Waals surface area contributed by atoms with Gasteiger partial charge in [0.2, 0.25) is 0 Å². The molecule has 0 aromatic carbocycles. The van der Waals surface area contributed by atoms with Crippen LogP contribution in [0.15, 0.2) is 24.1 Å². The molecule has 4 heterocycles. The minimum Gasteiger partial charge on any atom is -0.458 e. The maximum absolute atomic E-state index is 5.90. The van der Waals surface area contributed by atoms with Crippen molar-refractivity contribution in [2.75, 3.05) is 18.0 Å². The van der Waals surface area contributed by atoms with Gasteiger partial charge in [-0.1, -0.05) is 0 Å². The van der Waals surface area contributed by atoms with Crippen LogP contribution >= 0.6 is 11.3 Å². The first kappa shape index (κ1) is 14.3. The van der Waals surface area contributed by atoms with Crippen molar-refractivity contribution in [1.82, 2.24) is 19.9 Å². The predicted octanol–water partition coefficient (Wildman–Crippen LogP) is 2.76. The van der Waals surface area contributed by atoms with E-state index in [-0.39, 0.29) is 6.10 Å². The lowest BCUT2D eigenvalue weighted by Gasteiger charge is -2.17. The van der Waals surface area contributed by atoms with Gasteiger partial charge in [0.1, 0.15) is 18.2 Å². The van der Waals surface area contributed by atoms with Gasteiger partial charge in [0, 0.05) is 25.4 Å². The monoisotopic (exact) mass is 327 g/mol. The molecule has 0 radical (unpaired) electrons. The lowest BCUT2D eigenvalue weighted by Crippen LogP contribution is -2.25. The van der Waals surface area contributed by atoms with Crippen molar-refractivity contribution in [3.05, 3.63) is 35.2 Å². The zero-order chi connectivity index (χ0) is 15.8. The first-order chi connectivity index (χ1) is 11.2. The van der Waals surface area contributed by atoms with Crippen molar-refractivity contribution >= 4 is 27.4 Å². The van der Waals surface area contributed by atoms with Gasteiger partial charge in [-0.3, -0.25) is 0 Å². The van der Waals surface area contributed by atoms with Gasteiger partial charge in [0.25, 0.3) is 0 Å². The molecule has 23 heavy (non-hydrogen) atoms. The molecule has 1 atom stereocenters. The van der Waals surface area contributed by atoms with Gasteiger partial charge in [-0.25, -0.2) is 19.9 Å². The smallest absolute Gasteiger partial charge is 0.316 e.